The van der Waals surface area contributed by atoms with Crippen LogP contribution in [-0.4, -0.2) is 32.9 Å². The average Bonchev–Trinajstić information content (AvgIpc) is 3.08. The van der Waals surface area contributed by atoms with Gasteiger partial charge in [0, 0.05) is 17.5 Å². The zero-order valence-corrected chi connectivity index (χ0v) is 18.5. The maximum absolute atomic E-state index is 12.9. The molecule has 166 valence electrons. The summed E-state index contributed by atoms with van der Waals surface area (Å²) in [6, 6.07) is 6.51. The van der Waals surface area contributed by atoms with Gasteiger partial charge in [-0.15, -0.1) is 0 Å². The largest absolute Gasteiger partial charge is 0.504 e. The van der Waals surface area contributed by atoms with Gasteiger partial charge in [0.15, 0.2) is 11.5 Å². The average molecular weight is 455 g/mol. The van der Waals surface area contributed by atoms with Crippen LogP contribution in [0.5, 0.6) is 23.0 Å². The molecule has 0 spiro atoms. The van der Waals surface area contributed by atoms with Crippen molar-refractivity contribution in [2.24, 2.45) is 0 Å². The number of amides is 2. The molecule has 0 bridgehead atoms. The second kappa shape index (κ2) is 7.90. The van der Waals surface area contributed by atoms with Crippen LogP contribution in [0, 0.1) is 13.8 Å². The number of phenols is 2. The lowest BCUT2D eigenvalue weighted by molar-refractivity contribution is -0.152. The van der Waals surface area contributed by atoms with Crippen LogP contribution >= 0.6 is 11.8 Å². The van der Waals surface area contributed by atoms with Crippen LogP contribution in [-0.2, 0) is 16.0 Å². The SMILES string of the molecule is Cc1c(C)c2c(c(O)c1O)CC[C@](C)(C(=O)Oc1ccc(/C=C3\SC(=O)NC3=O)cc1)O2. The maximum atomic E-state index is 12.9. The van der Waals surface area contributed by atoms with Crippen molar-refractivity contribution in [3.63, 3.8) is 0 Å². The van der Waals surface area contributed by atoms with Crippen molar-refractivity contribution >= 4 is 35.0 Å². The Bertz CT molecular complexity index is 1190. The van der Waals surface area contributed by atoms with E-state index in [1.165, 1.54) is 0 Å². The van der Waals surface area contributed by atoms with E-state index in [1.807, 2.05) is 0 Å². The number of aromatic hydroxyl groups is 2. The molecule has 32 heavy (non-hydrogen) atoms. The number of ether oxygens (including phenoxy) is 2. The number of hydrogen-bond acceptors (Lipinski definition) is 8. The minimum Gasteiger partial charge on any atom is -0.504 e. The number of hydrogen-bond donors (Lipinski definition) is 3. The van der Waals surface area contributed by atoms with Crippen molar-refractivity contribution in [2.75, 3.05) is 0 Å². The number of imide groups is 1. The van der Waals surface area contributed by atoms with Gasteiger partial charge in [-0.2, -0.15) is 0 Å². The summed E-state index contributed by atoms with van der Waals surface area (Å²) in [6.45, 7) is 5.05. The summed E-state index contributed by atoms with van der Waals surface area (Å²) in [7, 11) is 0. The third kappa shape index (κ3) is 3.80. The fourth-order valence-electron chi connectivity index (χ4n) is 3.58. The van der Waals surface area contributed by atoms with Gasteiger partial charge in [0.1, 0.15) is 11.5 Å². The smallest absolute Gasteiger partial charge is 0.355 e. The van der Waals surface area contributed by atoms with Gasteiger partial charge in [0.25, 0.3) is 11.1 Å². The van der Waals surface area contributed by atoms with Crippen LogP contribution in [0.1, 0.15) is 35.6 Å². The minimum atomic E-state index is -1.27. The number of carbonyl (C=O) groups excluding carboxylic acids is 3. The standard InChI is InChI=1S/C23H21NO7S/c1-11-12(2)19-15(18(26)17(11)25)8-9-23(3,31-19)21(28)30-14-6-4-13(5-7-14)10-16-20(27)24-22(29)32-16/h4-7,10,25-26H,8-9H2,1-3H3,(H,24,27,29)/b16-10-/t23-/m1/s1. The molecule has 2 aromatic carbocycles. The lowest BCUT2D eigenvalue weighted by Crippen LogP contribution is -2.47. The molecule has 0 radical (unpaired) electrons. The Hall–Kier alpha value is -3.46. The highest BCUT2D eigenvalue weighted by molar-refractivity contribution is 8.18. The van der Waals surface area contributed by atoms with Crippen molar-refractivity contribution in [3.8, 4) is 23.0 Å². The summed E-state index contributed by atoms with van der Waals surface area (Å²) >= 11 is 0.826. The minimum absolute atomic E-state index is 0.177. The molecule has 1 saturated heterocycles. The van der Waals surface area contributed by atoms with Gasteiger partial charge in [-0.05, 0) is 68.3 Å². The lowest BCUT2D eigenvalue weighted by atomic mass is 9.89. The van der Waals surface area contributed by atoms with Crippen LogP contribution in [0.2, 0.25) is 0 Å². The fraction of sp³-hybridized carbons (Fsp3) is 0.261. The Morgan fingerprint density at radius 1 is 1.16 bits per heavy atom. The molecule has 2 aliphatic rings. The first-order valence-corrected chi connectivity index (χ1v) is 10.7. The van der Waals surface area contributed by atoms with E-state index in [1.54, 1.807) is 51.1 Å². The molecule has 0 unspecified atom stereocenters. The number of benzene rings is 2. The molecule has 1 fully saturated rings. The molecular formula is C23H21NO7S. The summed E-state index contributed by atoms with van der Waals surface area (Å²) in [4.78, 5) is 36.1. The van der Waals surface area contributed by atoms with Crippen molar-refractivity contribution in [1.82, 2.24) is 5.32 Å². The first-order valence-electron chi connectivity index (χ1n) is 9.89. The molecule has 2 aromatic rings. The molecule has 0 aliphatic carbocycles. The highest BCUT2D eigenvalue weighted by Crippen LogP contribution is 2.47. The zero-order valence-electron chi connectivity index (χ0n) is 17.6. The van der Waals surface area contributed by atoms with E-state index >= 15 is 0 Å². The summed E-state index contributed by atoms with van der Waals surface area (Å²) in [5.74, 6) is -0.748. The van der Waals surface area contributed by atoms with Gasteiger partial charge in [-0.1, -0.05) is 12.1 Å². The lowest BCUT2D eigenvalue weighted by Gasteiger charge is -2.35. The molecule has 0 saturated carbocycles. The molecule has 8 nitrogen and oxygen atoms in total. The van der Waals surface area contributed by atoms with Crippen molar-refractivity contribution in [2.45, 2.75) is 39.2 Å². The van der Waals surface area contributed by atoms with Gasteiger partial charge in [0.2, 0.25) is 5.60 Å². The summed E-state index contributed by atoms with van der Waals surface area (Å²) in [5.41, 5.74) is 1.01. The van der Waals surface area contributed by atoms with Crippen LogP contribution in [0.3, 0.4) is 0 Å². The van der Waals surface area contributed by atoms with E-state index in [0.717, 1.165) is 11.8 Å². The molecule has 0 aromatic heterocycles. The fourth-order valence-corrected chi connectivity index (χ4v) is 4.26. The molecule has 4 rings (SSSR count). The summed E-state index contributed by atoms with van der Waals surface area (Å²) in [5, 5.41) is 22.1. The van der Waals surface area contributed by atoms with Crippen LogP contribution in [0.25, 0.3) is 6.08 Å². The van der Waals surface area contributed by atoms with E-state index < -0.39 is 22.7 Å². The number of esters is 1. The highest BCUT2D eigenvalue weighted by Gasteiger charge is 2.43. The number of fused-ring (bicyclic) bond motifs is 1. The van der Waals surface area contributed by atoms with Crippen molar-refractivity contribution in [1.29, 1.82) is 0 Å². The monoisotopic (exact) mass is 455 g/mol. The first-order chi connectivity index (χ1) is 15.1. The number of thioether (sulfide) groups is 1. The Labute approximate surface area is 188 Å². The Kier molecular flexibility index (Phi) is 5.37. The second-order valence-electron chi connectivity index (χ2n) is 7.90. The number of phenolic OH excluding ortho intramolecular Hbond substituents is 2. The second-order valence-corrected chi connectivity index (χ2v) is 8.91. The van der Waals surface area contributed by atoms with E-state index in [4.69, 9.17) is 9.47 Å². The molecule has 2 aliphatic heterocycles. The van der Waals surface area contributed by atoms with Crippen LogP contribution < -0.4 is 14.8 Å². The van der Waals surface area contributed by atoms with Crippen molar-refractivity contribution < 1.29 is 34.1 Å². The topological polar surface area (TPSA) is 122 Å². The number of carbonyl (C=O) groups is 3. The third-order valence-corrected chi connectivity index (χ3v) is 6.49. The van der Waals surface area contributed by atoms with Crippen LogP contribution in [0.15, 0.2) is 29.2 Å². The predicted octanol–water partition coefficient (Wildman–Crippen LogP) is 3.73. The van der Waals surface area contributed by atoms with Gasteiger partial charge >= 0.3 is 5.97 Å². The van der Waals surface area contributed by atoms with Crippen molar-refractivity contribution in [3.05, 3.63) is 51.4 Å². The van der Waals surface area contributed by atoms with E-state index in [-0.39, 0.29) is 17.9 Å². The molecule has 9 heteroatoms. The first kappa shape index (κ1) is 21.8. The quantitative estimate of drug-likeness (QED) is 0.277. The van der Waals surface area contributed by atoms with E-state index in [9.17, 15) is 24.6 Å². The number of rotatable bonds is 3. The summed E-state index contributed by atoms with van der Waals surface area (Å²) < 4.78 is 11.5. The zero-order chi connectivity index (χ0) is 23.2. The van der Waals surface area contributed by atoms with Gasteiger partial charge in [-0.3, -0.25) is 14.9 Å². The number of nitrogens with one attached hydrogen (secondary N) is 1. The van der Waals surface area contributed by atoms with Gasteiger partial charge in [0.05, 0.1) is 4.91 Å². The predicted molar refractivity (Wildman–Crippen MR) is 118 cm³/mol. The third-order valence-electron chi connectivity index (χ3n) is 5.68. The van der Waals surface area contributed by atoms with E-state index in [2.05, 4.69) is 5.32 Å². The Balaban J connectivity index is 1.50. The molecular weight excluding hydrogens is 434 g/mol. The Morgan fingerprint density at radius 2 is 1.84 bits per heavy atom. The molecule has 3 N–H and O–H groups in total. The maximum Gasteiger partial charge on any atom is 0.355 e. The molecule has 1 atom stereocenters. The molecule has 2 heterocycles. The van der Waals surface area contributed by atoms with E-state index in [0.29, 0.717) is 45.1 Å². The summed E-state index contributed by atoms with van der Waals surface area (Å²) in [6.07, 6.45) is 2.18. The Morgan fingerprint density at radius 3 is 2.47 bits per heavy atom. The van der Waals surface area contributed by atoms with Gasteiger partial charge in [-0.25, -0.2) is 4.79 Å². The highest BCUT2D eigenvalue weighted by atomic mass is 32.2. The normalized spacial score (nSPS) is 21.2. The van der Waals surface area contributed by atoms with Gasteiger partial charge < -0.3 is 19.7 Å². The van der Waals surface area contributed by atoms with Crippen LogP contribution in [0.4, 0.5) is 4.79 Å². The molecule has 2 amide bonds.